The van der Waals surface area contributed by atoms with Crippen LogP contribution in [-0.2, 0) is 12.2 Å². The van der Waals surface area contributed by atoms with Gasteiger partial charge in [0.25, 0.3) is 5.56 Å². The third-order valence-electron chi connectivity index (χ3n) is 4.66. The number of aromatic nitrogens is 5. The van der Waals surface area contributed by atoms with Crippen molar-refractivity contribution in [2.75, 3.05) is 0 Å². The average Bonchev–Trinajstić information content (AvgIpc) is 3.19. The molecule has 0 aliphatic heterocycles. The Balaban J connectivity index is 1.68. The van der Waals surface area contributed by atoms with Crippen molar-refractivity contribution in [3.05, 3.63) is 70.2 Å². The summed E-state index contributed by atoms with van der Waals surface area (Å²) in [6, 6.07) is 11.1. The zero-order chi connectivity index (χ0) is 21.1. The van der Waals surface area contributed by atoms with Crippen LogP contribution >= 0.6 is 11.8 Å². The lowest BCUT2D eigenvalue weighted by Gasteiger charge is -2.12. The Morgan fingerprint density at radius 1 is 1.17 bits per heavy atom. The molecule has 0 aliphatic carbocycles. The molecule has 0 N–H and O–H groups in total. The molecule has 0 atom stereocenters. The fraction of sp³-hybridized carbons (Fsp3) is 0.318. The second-order valence-electron chi connectivity index (χ2n) is 7.57. The lowest BCUT2D eigenvalue weighted by Crippen LogP contribution is -2.22. The van der Waals surface area contributed by atoms with E-state index in [1.165, 1.54) is 11.8 Å². The van der Waals surface area contributed by atoms with E-state index < -0.39 is 0 Å². The molecular weight excluding hydrogens is 398 g/mol. The predicted molar refractivity (Wildman–Crippen MR) is 117 cm³/mol. The molecule has 0 saturated heterocycles. The van der Waals surface area contributed by atoms with Crippen LogP contribution in [0.3, 0.4) is 0 Å². The van der Waals surface area contributed by atoms with Crippen LogP contribution in [0.25, 0.3) is 16.7 Å². The maximum absolute atomic E-state index is 13.2. The monoisotopic (exact) mass is 421 g/mol. The first kappa shape index (κ1) is 20.3. The Bertz CT molecular complexity index is 1230. The van der Waals surface area contributed by atoms with Crippen LogP contribution in [0.2, 0.25) is 0 Å². The van der Waals surface area contributed by atoms with Crippen molar-refractivity contribution < 1.29 is 4.52 Å². The first-order valence-electron chi connectivity index (χ1n) is 9.90. The highest BCUT2D eigenvalue weighted by molar-refractivity contribution is 7.98. The number of rotatable bonds is 7. The van der Waals surface area contributed by atoms with Crippen molar-refractivity contribution >= 4 is 22.7 Å². The zero-order valence-electron chi connectivity index (χ0n) is 17.2. The number of aryl methyl sites for hydroxylation is 2. The van der Waals surface area contributed by atoms with Crippen LogP contribution in [0.1, 0.15) is 37.5 Å². The Hall–Kier alpha value is -3.00. The third-order valence-corrected chi connectivity index (χ3v) is 5.58. The highest BCUT2D eigenvalue weighted by Crippen LogP contribution is 2.24. The van der Waals surface area contributed by atoms with E-state index in [-0.39, 0.29) is 5.56 Å². The van der Waals surface area contributed by atoms with Gasteiger partial charge in [-0.15, -0.1) is 0 Å². The number of benzene rings is 1. The molecule has 0 amide bonds. The zero-order valence-corrected chi connectivity index (χ0v) is 18.0. The smallest absolute Gasteiger partial charge is 0.267 e. The van der Waals surface area contributed by atoms with Crippen molar-refractivity contribution in [1.82, 2.24) is 24.7 Å². The summed E-state index contributed by atoms with van der Waals surface area (Å²) >= 11 is 1.38. The van der Waals surface area contributed by atoms with Crippen LogP contribution in [-0.4, -0.2) is 24.7 Å². The summed E-state index contributed by atoms with van der Waals surface area (Å²) in [5, 5.41) is 5.15. The maximum atomic E-state index is 13.2. The molecule has 3 heterocycles. The number of pyridine rings is 1. The van der Waals surface area contributed by atoms with Crippen LogP contribution in [0.5, 0.6) is 0 Å². The fourth-order valence-corrected chi connectivity index (χ4v) is 3.89. The molecule has 0 radical (unpaired) electrons. The molecule has 4 aromatic rings. The molecular formula is C22H23N5O2S. The minimum absolute atomic E-state index is 0.149. The number of hydrogen-bond donors (Lipinski definition) is 0. The van der Waals surface area contributed by atoms with E-state index in [1.54, 1.807) is 16.8 Å². The highest BCUT2D eigenvalue weighted by atomic mass is 32.2. The van der Waals surface area contributed by atoms with Gasteiger partial charge in [0.2, 0.25) is 5.89 Å². The van der Waals surface area contributed by atoms with E-state index in [4.69, 9.17) is 9.51 Å². The topological polar surface area (TPSA) is 86.7 Å². The van der Waals surface area contributed by atoms with Gasteiger partial charge < -0.3 is 4.52 Å². The average molecular weight is 422 g/mol. The highest BCUT2D eigenvalue weighted by Gasteiger charge is 2.16. The first-order chi connectivity index (χ1) is 14.5. The predicted octanol–water partition coefficient (Wildman–Crippen LogP) is 4.35. The Kier molecular flexibility index (Phi) is 5.94. The molecule has 154 valence electrons. The van der Waals surface area contributed by atoms with E-state index in [1.807, 2.05) is 37.3 Å². The molecule has 0 spiro atoms. The summed E-state index contributed by atoms with van der Waals surface area (Å²) in [5.41, 5.74) is 1.52. The van der Waals surface area contributed by atoms with Crippen LogP contribution in [0, 0.1) is 12.8 Å². The lowest BCUT2D eigenvalue weighted by atomic mass is 10.1. The molecule has 30 heavy (non-hydrogen) atoms. The van der Waals surface area contributed by atoms with Gasteiger partial charge in [0, 0.05) is 12.6 Å². The normalized spacial score (nSPS) is 11.5. The van der Waals surface area contributed by atoms with E-state index in [0.29, 0.717) is 45.3 Å². The summed E-state index contributed by atoms with van der Waals surface area (Å²) in [5.74, 6) is 2.78. The number of nitrogens with zero attached hydrogens (tertiary/aromatic N) is 5. The minimum Gasteiger partial charge on any atom is -0.338 e. The van der Waals surface area contributed by atoms with E-state index in [2.05, 4.69) is 29.0 Å². The van der Waals surface area contributed by atoms with Gasteiger partial charge in [-0.1, -0.05) is 42.9 Å². The van der Waals surface area contributed by atoms with Crippen molar-refractivity contribution in [3.63, 3.8) is 0 Å². The van der Waals surface area contributed by atoms with Gasteiger partial charge in [-0.3, -0.25) is 4.79 Å². The minimum atomic E-state index is -0.149. The second kappa shape index (κ2) is 8.79. The molecule has 1 aromatic carbocycles. The van der Waals surface area contributed by atoms with Gasteiger partial charge in [-0.2, -0.15) is 4.98 Å². The molecule has 4 rings (SSSR count). The standard InChI is InChI=1S/C22H23N5O2S/c1-14(2)8-9-18-25-20(29-26-18)13-30-22-24-17-7-5-4-6-16(17)21(28)27(22)19-12-15(3)10-11-23-19/h4-7,10-12,14H,8-9,13H2,1-3H3. The fourth-order valence-electron chi connectivity index (χ4n) is 3.05. The molecule has 7 nitrogen and oxygen atoms in total. The number of thioether (sulfide) groups is 1. The van der Waals surface area contributed by atoms with Crippen molar-refractivity contribution in [2.45, 2.75) is 44.5 Å². The van der Waals surface area contributed by atoms with Gasteiger partial charge in [0.05, 0.1) is 16.7 Å². The molecule has 0 fully saturated rings. The largest absolute Gasteiger partial charge is 0.338 e. The molecule has 0 unspecified atom stereocenters. The van der Waals surface area contributed by atoms with E-state index >= 15 is 0 Å². The quantitative estimate of drug-likeness (QED) is 0.324. The Morgan fingerprint density at radius 3 is 2.80 bits per heavy atom. The number of fused-ring (bicyclic) bond motifs is 1. The van der Waals surface area contributed by atoms with Gasteiger partial charge in [0.1, 0.15) is 5.82 Å². The third kappa shape index (κ3) is 4.43. The van der Waals surface area contributed by atoms with Crippen molar-refractivity contribution in [3.8, 4) is 5.82 Å². The molecule has 0 aliphatic rings. The molecule has 0 saturated carbocycles. The molecule has 8 heteroatoms. The summed E-state index contributed by atoms with van der Waals surface area (Å²) in [6.07, 6.45) is 3.49. The Labute approximate surface area is 178 Å². The maximum Gasteiger partial charge on any atom is 0.267 e. The van der Waals surface area contributed by atoms with Crippen LogP contribution in [0.4, 0.5) is 0 Å². The summed E-state index contributed by atoms with van der Waals surface area (Å²) in [4.78, 5) is 26.8. The SMILES string of the molecule is Cc1ccnc(-n2c(SCc3nc(CCC(C)C)no3)nc3ccccc3c2=O)c1. The van der Waals surface area contributed by atoms with Gasteiger partial charge in [0.15, 0.2) is 11.0 Å². The van der Waals surface area contributed by atoms with Crippen molar-refractivity contribution in [2.24, 2.45) is 5.92 Å². The summed E-state index contributed by atoms with van der Waals surface area (Å²) in [6.45, 7) is 6.30. The Morgan fingerprint density at radius 2 is 2.00 bits per heavy atom. The van der Waals surface area contributed by atoms with Crippen LogP contribution in [0.15, 0.2) is 57.1 Å². The first-order valence-corrected chi connectivity index (χ1v) is 10.9. The number of hydrogen-bond acceptors (Lipinski definition) is 7. The van der Waals surface area contributed by atoms with E-state index in [0.717, 1.165) is 18.4 Å². The molecule has 3 aromatic heterocycles. The summed E-state index contributed by atoms with van der Waals surface area (Å²) < 4.78 is 6.94. The lowest BCUT2D eigenvalue weighted by molar-refractivity contribution is 0.383. The van der Waals surface area contributed by atoms with E-state index in [9.17, 15) is 4.79 Å². The summed E-state index contributed by atoms with van der Waals surface area (Å²) in [7, 11) is 0. The van der Waals surface area contributed by atoms with Crippen LogP contribution < -0.4 is 5.56 Å². The number of para-hydroxylation sites is 1. The van der Waals surface area contributed by atoms with Gasteiger partial charge in [-0.05, 0) is 49.1 Å². The van der Waals surface area contributed by atoms with Gasteiger partial charge in [-0.25, -0.2) is 14.5 Å². The van der Waals surface area contributed by atoms with Crippen molar-refractivity contribution in [1.29, 1.82) is 0 Å². The van der Waals surface area contributed by atoms with Gasteiger partial charge >= 0.3 is 0 Å². The second-order valence-corrected chi connectivity index (χ2v) is 8.51. The molecule has 0 bridgehead atoms.